The first-order valence-electron chi connectivity index (χ1n) is 8.04. The van der Waals surface area contributed by atoms with Gasteiger partial charge in [-0.2, -0.15) is 0 Å². The molecule has 2 aromatic rings. The Balaban J connectivity index is 1.77. The summed E-state index contributed by atoms with van der Waals surface area (Å²) in [5.74, 6) is -0.0908. The molecule has 2 atom stereocenters. The second-order valence-electron chi connectivity index (χ2n) is 6.04. The third-order valence-corrected chi connectivity index (χ3v) is 5.96. The zero-order valence-electron chi connectivity index (χ0n) is 14.2. The average molecular weight is 436 g/mol. The first-order valence-corrected chi connectivity index (χ1v) is 10.3. The van der Waals surface area contributed by atoms with Gasteiger partial charge in [0, 0.05) is 10.0 Å². The smallest absolute Gasteiger partial charge is 0.263 e. The standard InChI is InChI=1S/C18H18BrN3O3S/c1-11(13-6-5-7-14(19)10-13)21-18(23)12(2)20-17-15-8-3-4-9-16(15)26(24,25)22-17/h3-12H,1-2H3,(H,20,22)(H,21,23)/t11?,12-/m0/s1. The first-order chi connectivity index (χ1) is 12.3. The van der Waals surface area contributed by atoms with Crippen LogP contribution in [-0.4, -0.2) is 26.2 Å². The van der Waals surface area contributed by atoms with Crippen LogP contribution in [0, 0.1) is 0 Å². The van der Waals surface area contributed by atoms with Gasteiger partial charge >= 0.3 is 0 Å². The summed E-state index contributed by atoms with van der Waals surface area (Å²) in [6.07, 6.45) is 0. The molecule has 0 radical (unpaired) electrons. The molecule has 0 spiro atoms. The average Bonchev–Trinajstić information content (AvgIpc) is 2.85. The molecule has 2 N–H and O–H groups in total. The molecule has 2 aromatic carbocycles. The Labute approximate surface area is 160 Å². The molecule has 26 heavy (non-hydrogen) atoms. The Morgan fingerprint density at radius 1 is 1.15 bits per heavy atom. The van der Waals surface area contributed by atoms with Gasteiger partial charge in [-0.15, -0.1) is 0 Å². The highest BCUT2D eigenvalue weighted by atomic mass is 79.9. The minimum absolute atomic E-state index is 0.175. The van der Waals surface area contributed by atoms with E-state index in [0.29, 0.717) is 5.56 Å². The number of nitrogens with one attached hydrogen (secondary N) is 2. The molecule has 8 heteroatoms. The van der Waals surface area contributed by atoms with Gasteiger partial charge in [0.25, 0.3) is 10.0 Å². The van der Waals surface area contributed by atoms with Crippen LogP contribution in [0.25, 0.3) is 0 Å². The molecule has 0 saturated heterocycles. The van der Waals surface area contributed by atoms with Crippen molar-refractivity contribution in [3.63, 3.8) is 0 Å². The zero-order valence-corrected chi connectivity index (χ0v) is 16.6. The summed E-state index contributed by atoms with van der Waals surface area (Å²) < 4.78 is 27.6. The third-order valence-electron chi connectivity index (χ3n) is 4.07. The third kappa shape index (κ3) is 3.81. The maximum absolute atomic E-state index is 12.5. The van der Waals surface area contributed by atoms with Gasteiger partial charge in [-0.25, -0.2) is 8.42 Å². The molecular weight excluding hydrogens is 418 g/mol. The number of amides is 1. The zero-order chi connectivity index (χ0) is 18.9. The Bertz CT molecular complexity index is 989. The molecule has 1 heterocycles. The Kier molecular flexibility index (Phi) is 5.15. The highest BCUT2D eigenvalue weighted by Crippen LogP contribution is 2.23. The second kappa shape index (κ2) is 7.20. The molecule has 0 bridgehead atoms. The van der Waals surface area contributed by atoms with Crippen LogP contribution in [0.4, 0.5) is 0 Å². The van der Waals surface area contributed by atoms with E-state index in [-0.39, 0.29) is 22.7 Å². The van der Waals surface area contributed by atoms with E-state index in [1.54, 1.807) is 25.1 Å². The topological polar surface area (TPSA) is 87.6 Å². The fraction of sp³-hybridized carbons (Fsp3) is 0.222. The number of amidine groups is 1. The number of aliphatic imine (C=N–C) groups is 1. The van der Waals surface area contributed by atoms with Gasteiger partial charge in [-0.3, -0.25) is 14.5 Å². The summed E-state index contributed by atoms with van der Waals surface area (Å²) >= 11 is 3.41. The lowest BCUT2D eigenvalue weighted by molar-refractivity contribution is -0.122. The van der Waals surface area contributed by atoms with Gasteiger partial charge in [0.2, 0.25) is 5.91 Å². The highest BCUT2D eigenvalue weighted by Gasteiger charge is 2.31. The Hall–Kier alpha value is -2.19. The van der Waals surface area contributed by atoms with Crippen LogP contribution in [0.3, 0.4) is 0 Å². The molecule has 1 amide bonds. The molecule has 0 aromatic heterocycles. The lowest BCUT2D eigenvalue weighted by Gasteiger charge is -2.16. The number of benzene rings is 2. The van der Waals surface area contributed by atoms with E-state index in [0.717, 1.165) is 10.0 Å². The van der Waals surface area contributed by atoms with E-state index in [2.05, 4.69) is 31.0 Å². The largest absolute Gasteiger partial charge is 0.348 e. The second-order valence-corrected chi connectivity index (χ2v) is 8.61. The van der Waals surface area contributed by atoms with Crippen LogP contribution in [0.1, 0.15) is 31.0 Å². The minimum atomic E-state index is -3.61. The van der Waals surface area contributed by atoms with Crippen molar-refractivity contribution >= 4 is 37.7 Å². The monoisotopic (exact) mass is 435 g/mol. The summed E-state index contributed by atoms with van der Waals surface area (Å²) in [7, 11) is -3.61. The molecule has 0 saturated carbocycles. The summed E-state index contributed by atoms with van der Waals surface area (Å²) in [5, 5.41) is 2.90. The minimum Gasteiger partial charge on any atom is -0.348 e. The van der Waals surface area contributed by atoms with Crippen LogP contribution in [-0.2, 0) is 14.8 Å². The molecule has 1 aliphatic rings. The van der Waals surface area contributed by atoms with Crippen LogP contribution < -0.4 is 10.0 Å². The normalized spacial score (nSPS) is 18.7. The maximum Gasteiger partial charge on any atom is 0.263 e. The lowest BCUT2D eigenvalue weighted by Crippen LogP contribution is -2.35. The molecule has 3 rings (SSSR count). The Morgan fingerprint density at radius 3 is 2.62 bits per heavy atom. The maximum atomic E-state index is 12.5. The van der Waals surface area contributed by atoms with Gasteiger partial charge < -0.3 is 5.32 Å². The number of carbonyl (C=O) groups is 1. The number of fused-ring (bicyclic) bond motifs is 1. The number of carbonyl (C=O) groups excluding carboxylic acids is 1. The number of rotatable bonds is 4. The van der Waals surface area contributed by atoms with E-state index in [4.69, 9.17) is 0 Å². The van der Waals surface area contributed by atoms with Crippen molar-refractivity contribution in [1.29, 1.82) is 0 Å². The van der Waals surface area contributed by atoms with Crippen LogP contribution in [0.5, 0.6) is 0 Å². The predicted octanol–water partition coefficient (Wildman–Crippen LogP) is 2.75. The van der Waals surface area contributed by atoms with Gasteiger partial charge in [0.1, 0.15) is 11.9 Å². The number of hydrogen-bond acceptors (Lipinski definition) is 4. The van der Waals surface area contributed by atoms with Gasteiger partial charge in [0.15, 0.2) is 0 Å². The van der Waals surface area contributed by atoms with Crippen molar-refractivity contribution in [3.8, 4) is 0 Å². The van der Waals surface area contributed by atoms with E-state index in [9.17, 15) is 13.2 Å². The van der Waals surface area contributed by atoms with Crippen molar-refractivity contribution in [2.75, 3.05) is 0 Å². The van der Waals surface area contributed by atoms with Crippen LogP contribution in [0.15, 0.2) is 62.9 Å². The fourth-order valence-corrected chi connectivity index (χ4v) is 4.33. The van der Waals surface area contributed by atoms with Gasteiger partial charge in [-0.1, -0.05) is 40.2 Å². The van der Waals surface area contributed by atoms with Crippen molar-refractivity contribution in [3.05, 3.63) is 64.1 Å². The molecular formula is C18H18BrN3O3S. The lowest BCUT2D eigenvalue weighted by atomic mass is 10.1. The van der Waals surface area contributed by atoms with Gasteiger partial charge in [-0.05, 0) is 43.7 Å². The fourth-order valence-electron chi connectivity index (χ4n) is 2.68. The summed E-state index contributed by atoms with van der Waals surface area (Å²) in [4.78, 5) is 16.9. The van der Waals surface area contributed by atoms with E-state index in [1.807, 2.05) is 31.2 Å². The summed E-state index contributed by atoms with van der Waals surface area (Å²) in [6.45, 7) is 3.51. The highest BCUT2D eigenvalue weighted by molar-refractivity contribution is 9.10. The molecule has 0 fully saturated rings. The predicted molar refractivity (Wildman–Crippen MR) is 103 cm³/mol. The van der Waals surface area contributed by atoms with Crippen molar-refractivity contribution in [1.82, 2.24) is 10.0 Å². The van der Waals surface area contributed by atoms with Gasteiger partial charge in [0.05, 0.1) is 10.9 Å². The summed E-state index contributed by atoms with van der Waals surface area (Å²) in [5.41, 5.74) is 1.44. The van der Waals surface area contributed by atoms with Crippen molar-refractivity contribution in [2.24, 2.45) is 4.99 Å². The molecule has 136 valence electrons. The van der Waals surface area contributed by atoms with Crippen molar-refractivity contribution < 1.29 is 13.2 Å². The molecule has 6 nitrogen and oxygen atoms in total. The Morgan fingerprint density at radius 2 is 1.88 bits per heavy atom. The number of halogens is 1. The molecule has 0 aliphatic carbocycles. The van der Waals surface area contributed by atoms with E-state index < -0.39 is 16.1 Å². The summed E-state index contributed by atoms with van der Waals surface area (Å²) in [6, 6.07) is 13.3. The van der Waals surface area contributed by atoms with Crippen LogP contribution in [0.2, 0.25) is 0 Å². The number of nitrogens with zero attached hydrogens (tertiary/aromatic N) is 1. The number of hydrogen-bond donors (Lipinski definition) is 2. The SMILES string of the molecule is CC(NC(=O)[C@H](C)N=C1NS(=O)(=O)c2ccccc21)c1cccc(Br)c1. The molecule has 1 unspecified atom stereocenters. The first kappa shape index (κ1) is 18.6. The quantitative estimate of drug-likeness (QED) is 0.773. The number of sulfonamides is 1. The van der Waals surface area contributed by atoms with E-state index >= 15 is 0 Å². The van der Waals surface area contributed by atoms with Crippen LogP contribution >= 0.6 is 15.9 Å². The molecule has 1 aliphatic heterocycles. The van der Waals surface area contributed by atoms with E-state index in [1.165, 1.54) is 6.07 Å². The van der Waals surface area contributed by atoms with Crippen molar-refractivity contribution in [2.45, 2.75) is 30.8 Å².